The summed E-state index contributed by atoms with van der Waals surface area (Å²) in [5.74, 6) is -0.357. The minimum Gasteiger partial charge on any atom is -0.480 e. The molecule has 0 spiro atoms. The zero-order chi connectivity index (χ0) is 14.0. The van der Waals surface area contributed by atoms with E-state index in [2.05, 4.69) is 5.32 Å². The number of amides is 1. The second-order valence-electron chi connectivity index (χ2n) is 4.78. The molecule has 0 radical (unpaired) electrons. The van der Waals surface area contributed by atoms with E-state index in [0.717, 1.165) is 4.90 Å². The first kappa shape index (κ1) is 13.7. The van der Waals surface area contributed by atoms with Crippen LogP contribution in [-0.4, -0.2) is 34.4 Å². The normalized spacial score (nSPS) is 18.1. The van der Waals surface area contributed by atoms with E-state index in [1.165, 1.54) is 25.6 Å². The van der Waals surface area contributed by atoms with Gasteiger partial charge in [0, 0.05) is 10.6 Å². The zero-order valence-corrected chi connectivity index (χ0v) is 11.5. The van der Waals surface area contributed by atoms with Crippen LogP contribution in [0.4, 0.5) is 0 Å². The first-order valence-electron chi connectivity index (χ1n) is 5.84. The molecule has 2 rings (SSSR count). The Morgan fingerprint density at radius 1 is 1.42 bits per heavy atom. The Morgan fingerprint density at radius 3 is 2.79 bits per heavy atom. The van der Waals surface area contributed by atoms with E-state index in [1.54, 1.807) is 6.07 Å². The van der Waals surface area contributed by atoms with Gasteiger partial charge in [0.2, 0.25) is 0 Å². The highest BCUT2D eigenvalue weighted by Crippen LogP contribution is 2.34. The van der Waals surface area contributed by atoms with E-state index in [4.69, 9.17) is 9.84 Å². The maximum atomic E-state index is 12.0. The highest BCUT2D eigenvalue weighted by molar-refractivity contribution is 7.99. The molecule has 1 aliphatic rings. The van der Waals surface area contributed by atoms with Crippen LogP contribution in [0.1, 0.15) is 13.8 Å². The highest BCUT2D eigenvalue weighted by atomic mass is 32.2. The third-order valence-corrected chi connectivity index (χ3v) is 3.89. The number of rotatable bonds is 3. The summed E-state index contributed by atoms with van der Waals surface area (Å²) in [6.07, 6.45) is -0.668. The van der Waals surface area contributed by atoms with Crippen LogP contribution < -0.4 is 10.1 Å². The molecular weight excluding hydrogens is 266 g/mol. The fourth-order valence-electron chi connectivity index (χ4n) is 1.59. The van der Waals surface area contributed by atoms with Gasteiger partial charge in [-0.25, -0.2) is 4.79 Å². The van der Waals surface area contributed by atoms with Gasteiger partial charge < -0.3 is 15.2 Å². The summed E-state index contributed by atoms with van der Waals surface area (Å²) in [5.41, 5.74) is -1.30. The maximum absolute atomic E-state index is 12.0. The number of carbonyl (C=O) groups is 2. The molecule has 0 saturated carbocycles. The third kappa shape index (κ3) is 3.01. The molecule has 0 aliphatic carbocycles. The summed E-state index contributed by atoms with van der Waals surface area (Å²) in [4.78, 5) is 24.0. The average Bonchev–Trinajstić information content (AvgIpc) is 2.37. The Kier molecular flexibility index (Phi) is 3.71. The Balaban J connectivity index is 2.05. The number of carboxylic acid groups (broad SMARTS) is 1. The predicted molar refractivity (Wildman–Crippen MR) is 71.4 cm³/mol. The molecule has 0 aromatic heterocycles. The Bertz CT molecular complexity index is 515. The molecule has 0 unspecified atom stereocenters. The van der Waals surface area contributed by atoms with Gasteiger partial charge >= 0.3 is 5.97 Å². The standard InChI is InChI=1S/C13H15NO4S/c1-13(2,12(16)17)14-11(15)9-7-19-10-6-4-3-5-8(10)18-9/h3-6,9H,7H2,1-2H3,(H,14,15)(H,16,17)/t9-/m0/s1. The van der Waals surface area contributed by atoms with Crippen molar-refractivity contribution in [1.82, 2.24) is 5.32 Å². The number of benzene rings is 1. The van der Waals surface area contributed by atoms with E-state index in [-0.39, 0.29) is 0 Å². The SMILES string of the molecule is CC(C)(NC(=O)[C@@H]1CSc2ccccc2O1)C(=O)O. The topological polar surface area (TPSA) is 75.6 Å². The lowest BCUT2D eigenvalue weighted by molar-refractivity contribution is -0.147. The number of aliphatic carboxylic acids is 1. The number of nitrogens with one attached hydrogen (secondary N) is 1. The number of hydrogen-bond acceptors (Lipinski definition) is 4. The molecule has 1 aromatic rings. The van der Waals surface area contributed by atoms with Crippen LogP contribution in [0, 0.1) is 0 Å². The van der Waals surface area contributed by atoms with Crippen molar-refractivity contribution in [2.45, 2.75) is 30.4 Å². The van der Waals surface area contributed by atoms with Gasteiger partial charge in [0.25, 0.3) is 5.91 Å². The number of fused-ring (bicyclic) bond motifs is 1. The largest absolute Gasteiger partial charge is 0.480 e. The molecule has 1 aromatic carbocycles. The number of ether oxygens (including phenoxy) is 1. The Morgan fingerprint density at radius 2 is 2.11 bits per heavy atom. The van der Waals surface area contributed by atoms with Crippen LogP contribution in [0.3, 0.4) is 0 Å². The summed E-state index contributed by atoms with van der Waals surface area (Å²) in [6, 6.07) is 7.46. The summed E-state index contributed by atoms with van der Waals surface area (Å²) in [5, 5.41) is 11.5. The minimum atomic E-state index is -1.30. The molecule has 5 nitrogen and oxygen atoms in total. The average molecular weight is 281 g/mol. The van der Waals surface area contributed by atoms with Crippen molar-refractivity contribution in [3.63, 3.8) is 0 Å². The quantitative estimate of drug-likeness (QED) is 0.878. The molecule has 1 aliphatic heterocycles. The van der Waals surface area contributed by atoms with Crippen LogP contribution in [-0.2, 0) is 9.59 Å². The molecule has 2 N–H and O–H groups in total. The van der Waals surface area contributed by atoms with Crippen LogP contribution in [0.25, 0.3) is 0 Å². The first-order valence-corrected chi connectivity index (χ1v) is 6.82. The van der Waals surface area contributed by atoms with E-state index in [1.807, 2.05) is 18.2 Å². The molecule has 102 valence electrons. The van der Waals surface area contributed by atoms with Gasteiger partial charge in [0.15, 0.2) is 6.10 Å². The van der Waals surface area contributed by atoms with E-state index in [0.29, 0.717) is 11.5 Å². The van der Waals surface area contributed by atoms with Crippen LogP contribution >= 0.6 is 11.8 Å². The smallest absolute Gasteiger partial charge is 0.328 e. The number of hydrogen-bond donors (Lipinski definition) is 2. The van der Waals surface area contributed by atoms with E-state index in [9.17, 15) is 9.59 Å². The summed E-state index contributed by atoms with van der Waals surface area (Å²) in [7, 11) is 0. The molecule has 0 fully saturated rings. The van der Waals surface area contributed by atoms with Crippen LogP contribution in [0.2, 0.25) is 0 Å². The Hall–Kier alpha value is -1.69. The molecular formula is C13H15NO4S. The second kappa shape index (κ2) is 5.13. The molecule has 1 heterocycles. The second-order valence-corrected chi connectivity index (χ2v) is 5.85. The predicted octanol–water partition coefficient (Wildman–Crippen LogP) is 1.52. The zero-order valence-electron chi connectivity index (χ0n) is 10.7. The molecule has 6 heteroatoms. The van der Waals surface area contributed by atoms with E-state index < -0.39 is 23.5 Å². The van der Waals surface area contributed by atoms with Crippen molar-refractivity contribution in [2.24, 2.45) is 0 Å². The summed E-state index contributed by atoms with van der Waals surface area (Å²) in [6.45, 7) is 2.88. The lowest BCUT2D eigenvalue weighted by Crippen LogP contribution is -2.54. The van der Waals surface area contributed by atoms with Crippen molar-refractivity contribution in [2.75, 3.05) is 5.75 Å². The number of carboxylic acids is 1. The van der Waals surface area contributed by atoms with Crippen LogP contribution in [0.5, 0.6) is 5.75 Å². The molecule has 0 saturated heterocycles. The van der Waals surface area contributed by atoms with Crippen molar-refractivity contribution in [3.05, 3.63) is 24.3 Å². The Labute approximate surface area is 115 Å². The molecule has 19 heavy (non-hydrogen) atoms. The van der Waals surface area contributed by atoms with Crippen molar-refractivity contribution in [3.8, 4) is 5.75 Å². The fraction of sp³-hybridized carbons (Fsp3) is 0.385. The first-order chi connectivity index (χ1) is 8.90. The van der Waals surface area contributed by atoms with Crippen molar-refractivity contribution < 1.29 is 19.4 Å². The maximum Gasteiger partial charge on any atom is 0.328 e. The lowest BCUT2D eigenvalue weighted by Gasteiger charge is -2.28. The monoisotopic (exact) mass is 281 g/mol. The van der Waals surface area contributed by atoms with Gasteiger partial charge in [-0.05, 0) is 26.0 Å². The molecule has 1 atom stereocenters. The summed E-state index contributed by atoms with van der Waals surface area (Å²) >= 11 is 1.53. The highest BCUT2D eigenvalue weighted by Gasteiger charge is 2.34. The summed E-state index contributed by atoms with van der Waals surface area (Å²) < 4.78 is 5.59. The van der Waals surface area contributed by atoms with Crippen molar-refractivity contribution >= 4 is 23.6 Å². The van der Waals surface area contributed by atoms with Gasteiger partial charge in [0.1, 0.15) is 11.3 Å². The van der Waals surface area contributed by atoms with Gasteiger partial charge in [-0.2, -0.15) is 0 Å². The third-order valence-electron chi connectivity index (χ3n) is 2.77. The van der Waals surface area contributed by atoms with Crippen LogP contribution in [0.15, 0.2) is 29.2 Å². The number of thioether (sulfide) groups is 1. The fourth-order valence-corrected chi connectivity index (χ4v) is 2.57. The minimum absolute atomic E-state index is 0.408. The van der Waals surface area contributed by atoms with Crippen molar-refractivity contribution in [1.29, 1.82) is 0 Å². The number of carbonyl (C=O) groups excluding carboxylic acids is 1. The number of para-hydroxylation sites is 1. The van der Waals surface area contributed by atoms with Gasteiger partial charge in [-0.3, -0.25) is 4.79 Å². The van der Waals surface area contributed by atoms with Gasteiger partial charge in [-0.15, -0.1) is 11.8 Å². The van der Waals surface area contributed by atoms with E-state index >= 15 is 0 Å². The van der Waals surface area contributed by atoms with Gasteiger partial charge in [0.05, 0.1) is 0 Å². The molecule has 1 amide bonds. The lowest BCUT2D eigenvalue weighted by atomic mass is 10.1. The van der Waals surface area contributed by atoms with Gasteiger partial charge in [-0.1, -0.05) is 12.1 Å². The molecule has 0 bridgehead atoms.